The number of rotatable bonds is 7. The molecule has 41 heavy (non-hydrogen) atoms. The largest absolute Gasteiger partial charge is 0.422 e. The first kappa shape index (κ1) is 27.8. The molecule has 4 fully saturated rings. The molecule has 1 spiro atoms. The van der Waals surface area contributed by atoms with Crippen LogP contribution in [0.4, 0.5) is 0 Å². The van der Waals surface area contributed by atoms with E-state index in [1.807, 2.05) is 4.90 Å². The molecule has 2 aromatic heterocycles. The summed E-state index contributed by atoms with van der Waals surface area (Å²) in [6.45, 7) is 5.47. The molecule has 2 N–H and O–H groups in total. The van der Waals surface area contributed by atoms with Crippen molar-refractivity contribution in [1.82, 2.24) is 35.6 Å². The number of nitrogens with one attached hydrogen (secondary N) is 2. The van der Waals surface area contributed by atoms with E-state index in [1.165, 1.54) is 31.0 Å². The fourth-order valence-electron chi connectivity index (χ4n) is 6.77. The second kappa shape index (κ2) is 10.5. The average Bonchev–Trinajstić information content (AvgIpc) is 3.49. The van der Waals surface area contributed by atoms with Crippen molar-refractivity contribution in [3.63, 3.8) is 0 Å². The number of nitrogens with zero attached hydrogens (tertiary/aromatic N) is 5. The van der Waals surface area contributed by atoms with E-state index in [4.69, 9.17) is 4.42 Å². The zero-order chi connectivity index (χ0) is 28.9. The van der Waals surface area contributed by atoms with Crippen LogP contribution in [-0.4, -0.2) is 81.8 Å². The third-order valence-electron chi connectivity index (χ3n) is 9.48. The SMILES string of the molecule is CNC(=O)[C@@H](NC(=O)[C@@H]1CN(C(=O)c2cncs2)CC12CN(C(=O)[C@H]1CC1(C)C)C2)c1nnc(C2CCCCC2)o1. The van der Waals surface area contributed by atoms with E-state index in [-0.39, 0.29) is 47.4 Å². The summed E-state index contributed by atoms with van der Waals surface area (Å²) >= 11 is 1.25. The van der Waals surface area contributed by atoms with Crippen molar-refractivity contribution in [2.45, 2.75) is 64.3 Å². The highest BCUT2D eigenvalue weighted by molar-refractivity contribution is 7.11. The first-order chi connectivity index (χ1) is 19.6. The van der Waals surface area contributed by atoms with E-state index >= 15 is 0 Å². The van der Waals surface area contributed by atoms with E-state index in [0.29, 0.717) is 30.4 Å². The number of likely N-dealkylation sites (tertiary alicyclic amines) is 2. The first-order valence-electron chi connectivity index (χ1n) is 14.4. The molecule has 0 bridgehead atoms. The van der Waals surface area contributed by atoms with E-state index in [9.17, 15) is 19.2 Å². The Labute approximate surface area is 242 Å². The third-order valence-corrected chi connectivity index (χ3v) is 10.2. The lowest BCUT2D eigenvalue weighted by Gasteiger charge is -2.50. The fourth-order valence-corrected chi connectivity index (χ4v) is 7.35. The minimum absolute atomic E-state index is 0.00174. The van der Waals surface area contributed by atoms with Gasteiger partial charge in [-0.25, -0.2) is 0 Å². The van der Waals surface area contributed by atoms with Gasteiger partial charge in [0.25, 0.3) is 11.8 Å². The summed E-state index contributed by atoms with van der Waals surface area (Å²) in [6, 6.07) is -1.16. The molecular weight excluding hydrogens is 546 g/mol. The van der Waals surface area contributed by atoms with E-state index in [0.717, 1.165) is 32.1 Å². The lowest BCUT2D eigenvalue weighted by Crippen LogP contribution is -2.64. The van der Waals surface area contributed by atoms with Crippen LogP contribution in [0.1, 0.15) is 85.8 Å². The van der Waals surface area contributed by atoms with Crippen LogP contribution in [0.25, 0.3) is 0 Å². The predicted molar refractivity (Wildman–Crippen MR) is 147 cm³/mol. The Morgan fingerprint density at radius 3 is 2.39 bits per heavy atom. The van der Waals surface area contributed by atoms with Crippen LogP contribution in [0.2, 0.25) is 0 Å². The molecule has 3 atom stereocenters. The monoisotopic (exact) mass is 583 g/mol. The lowest BCUT2D eigenvalue weighted by molar-refractivity contribution is -0.152. The van der Waals surface area contributed by atoms with Gasteiger partial charge in [0.05, 0.1) is 17.6 Å². The van der Waals surface area contributed by atoms with Crippen molar-refractivity contribution in [2.75, 3.05) is 33.2 Å². The van der Waals surface area contributed by atoms with Gasteiger partial charge in [-0.05, 0) is 24.7 Å². The molecule has 6 rings (SSSR count). The maximum absolute atomic E-state index is 13.9. The van der Waals surface area contributed by atoms with Crippen LogP contribution in [-0.2, 0) is 14.4 Å². The smallest absolute Gasteiger partial charge is 0.265 e. The minimum atomic E-state index is -1.16. The van der Waals surface area contributed by atoms with Gasteiger partial charge in [-0.1, -0.05) is 33.1 Å². The lowest BCUT2D eigenvalue weighted by atomic mass is 9.70. The quantitative estimate of drug-likeness (QED) is 0.503. The number of hydrogen-bond donors (Lipinski definition) is 2. The highest BCUT2D eigenvalue weighted by Crippen LogP contribution is 2.54. The summed E-state index contributed by atoms with van der Waals surface area (Å²) < 4.78 is 5.95. The van der Waals surface area contributed by atoms with Crippen molar-refractivity contribution >= 4 is 35.0 Å². The van der Waals surface area contributed by atoms with Crippen molar-refractivity contribution in [1.29, 1.82) is 0 Å². The zero-order valence-corrected chi connectivity index (χ0v) is 24.5. The van der Waals surface area contributed by atoms with Crippen LogP contribution in [0, 0.1) is 22.7 Å². The van der Waals surface area contributed by atoms with Gasteiger partial charge in [-0.15, -0.1) is 21.5 Å². The van der Waals surface area contributed by atoms with E-state index < -0.39 is 23.3 Å². The molecular formula is C28H37N7O5S. The average molecular weight is 584 g/mol. The summed E-state index contributed by atoms with van der Waals surface area (Å²) in [5.74, 6) is -0.853. The van der Waals surface area contributed by atoms with Crippen LogP contribution in [0.15, 0.2) is 16.1 Å². The molecule has 2 aromatic rings. The Morgan fingerprint density at radius 2 is 1.76 bits per heavy atom. The third kappa shape index (κ3) is 5.13. The molecule has 4 amide bonds. The van der Waals surface area contributed by atoms with Crippen molar-refractivity contribution < 1.29 is 23.6 Å². The second-order valence-electron chi connectivity index (χ2n) is 12.8. The minimum Gasteiger partial charge on any atom is -0.422 e. The topological polar surface area (TPSA) is 151 Å². The first-order valence-corrected chi connectivity index (χ1v) is 15.3. The molecule has 0 unspecified atom stereocenters. The van der Waals surface area contributed by atoms with Crippen LogP contribution in [0.3, 0.4) is 0 Å². The number of amides is 4. The standard InChI is InChI=1S/C28H37N7O5S/c1-27(2)9-17(27)25(38)35-13-28(14-35)12-34(26(39)19-10-30-15-41-19)11-18(28)21(36)31-20(22(37)29-3)24-33-32-23(40-24)16-7-5-4-6-8-16/h10,15-18,20H,4-9,11-14H2,1-3H3,(H,29,37)(H,31,36)/t17-,18+,20-/m1/s1. The second-order valence-corrected chi connectivity index (χ2v) is 13.7. The van der Waals surface area contributed by atoms with Crippen LogP contribution >= 0.6 is 11.3 Å². The van der Waals surface area contributed by atoms with Crippen molar-refractivity contribution in [2.24, 2.45) is 22.7 Å². The highest BCUT2D eigenvalue weighted by Gasteiger charge is 2.62. The maximum atomic E-state index is 13.9. The number of likely N-dealkylation sites (N-methyl/N-ethyl adjacent to an activating group) is 1. The fraction of sp³-hybridized carbons (Fsp3) is 0.679. The van der Waals surface area contributed by atoms with Gasteiger partial charge in [0.1, 0.15) is 4.88 Å². The van der Waals surface area contributed by atoms with Gasteiger partial charge in [0.2, 0.25) is 23.6 Å². The molecule has 220 valence electrons. The normalized spacial score (nSPS) is 25.4. The van der Waals surface area contributed by atoms with Crippen molar-refractivity contribution in [3.05, 3.63) is 28.4 Å². The Kier molecular flexibility index (Phi) is 7.11. The summed E-state index contributed by atoms with van der Waals surface area (Å²) in [5, 5.41) is 13.8. The molecule has 2 aliphatic heterocycles. The van der Waals surface area contributed by atoms with Gasteiger partial charge >= 0.3 is 0 Å². The highest BCUT2D eigenvalue weighted by atomic mass is 32.1. The van der Waals surface area contributed by atoms with Gasteiger partial charge in [-0.3, -0.25) is 24.2 Å². The van der Waals surface area contributed by atoms with E-state index in [2.05, 4.69) is 39.7 Å². The predicted octanol–water partition coefficient (Wildman–Crippen LogP) is 2.12. The summed E-state index contributed by atoms with van der Waals surface area (Å²) in [6.07, 6.45) is 7.67. The molecule has 4 aliphatic rings. The Hall–Kier alpha value is -3.35. The van der Waals surface area contributed by atoms with Crippen molar-refractivity contribution in [3.8, 4) is 0 Å². The van der Waals surface area contributed by atoms with E-state index in [1.54, 1.807) is 10.4 Å². The van der Waals surface area contributed by atoms with Gasteiger partial charge < -0.3 is 24.9 Å². The Morgan fingerprint density at radius 1 is 1.05 bits per heavy atom. The number of aromatic nitrogens is 3. The number of carbonyl (C=O) groups is 4. The zero-order valence-electron chi connectivity index (χ0n) is 23.7. The number of hydrogen-bond acceptors (Lipinski definition) is 9. The number of thiazole rings is 1. The summed E-state index contributed by atoms with van der Waals surface area (Å²) in [5.41, 5.74) is 1.00. The van der Waals surface area contributed by atoms with Crippen LogP contribution in [0.5, 0.6) is 0 Å². The summed E-state index contributed by atoms with van der Waals surface area (Å²) in [4.78, 5) is 61.2. The molecule has 13 heteroatoms. The summed E-state index contributed by atoms with van der Waals surface area (Å²) in [7, 11) is 1.49. The Bertz CT molecular complexity index is 1330. The molecule has 2 aliphatic carbocycles. The maximum Gasteiger partial charge on any atom is 0.265 e. The molecule has 2 saturated heterocycles. The molecule has 0 aromatic carbocycles. The van der Waals surface area contributed by atoms with Gasteiger partial charge in [0.15, 0.2) is 6.04 Å². The van der Waals surface area contributed by atoms with Gasteiger partial charge in [0, 0.05) is 50.5 Å². The molecule has 4 heterocycles. The van der Waals surface area contributed by atoms with Crippen LogP contribution < -0.4 is 10.6 Å². The van der Waals surface area contributed by atoms with Gasteiger partial charge in [-0.2, -0.15) is 0 Å². The molecule has 0 radical (unpaired) electrons. The number of carbonyl (C=O) groups excluding carboxylic acids is 4. The molecule has 12 nitrogen and oxygen atoms in total. The Balaban J connectivity index is 1.21. The molecule has 2 saturated carbocycles.